The second-order valence-electron chi connectivity index (χ2n) is 5.76. The maximum absolute atomic E-state index is 12.0. The number of carbonyl (C=O) groups is 2. The number of hydrogen-bond acceptors (Lipinski definition) is 3. The topological polar surface area (TPSA) is 75.6 Å². The number of aliphatic carboxylic acids is 1. The molecule has 1 saturated carbocycles. The number of carboxylic acids is 1. The van der Waals surface area contributed by atoms with Crippen molar-refractivity contribution in [2.45, 2.75) is 45.1 Å². The van der Waals surface area contributed by atoms with Gasteiger partial charge in [0.25, 0.3) is 5.91 Å². The van der Waals surface area contributed by atoms with Gasteiger partial charge in [-0.1, -0.05) is 18.2 Å². The zero-order chi connectivity index (χ0) is 15.5. The molecule has 0 aromatic heterocycles. The fourth-order valence-electron chi connectivity index (χ4n) is 2.74. The predicted octanol–water partition coefficient (Wildman–Crippen LogP) is 2.20. The van der Waals surface area contributed by atoms with Crippen molar-refractivity contribution >= 4 is 11.9 Å². The van der Waals surface area contributed by atoms with Crippen LogP contribution in [0.5, 0.6) is 5.75 Å². The van der Waals surface area contributed by atoms with Crippen LogP contribution in [-0.4, -0.2) is 29.1 Å². The second kappa shape index (κ2) is 6.16. The molecule has 5 heteroatoms. The number of carbonyl (C=O) groups excluding carboxylic acids is 1. The van der Waals surface area contributed by atoms with Crippen LogP contribution in [0.25, 0.3) is 0 Å². The number of nitrogens with one attached hydrogen (secondary N) is 1. The van der Waals surface area contributed by atoms with E-state index in [1.807, 2.05) is 32.0 Å². The van der Waals surface area contributed by atoms with Crippen molar-refractivity contribution in [3.05, 3.63) is 29.3 Å². The van der Waals surface area contributed by atoms with Crippen LogP contribution in [0.1, 0.15) is 36.8 Å². The molecule has 0 atom stereocenters. The minimum Gasteiger partial charge on any atom is -0.483 e. The lowest BCUT2D eigenvalue weighted by molar-refractivity contribution is -0.140. The number of rotatable bonds is 6. The Labute approximate surface area is 124 Å². The lowest BCUT2D eigenvalue weighted by atomic mass is 9.74. The molecule has 0 radical (unpaired) electrons. The van der Waals surface area contributed by atoms with E-state index < -0.39 is 11.5 Å². The first-order chi connectivity index (χ1) is 9.92. The van der Waals surface area contributed by atoms with Gasteiger partial charge >= 0.3 is 5.97 Å². The van der Waals surface area contributed by atoms with E-state index in [1.54, 1.807) is 0 Å². The number of aryl methyl sites for hydroxylation is 2. The van der Waals surface area contributed by atoms with E-state index in [4.69, 9.17) is 9.84 Å². The van der Waals surface area contributed by atoms with Crippen molar-refractivity contribution in [2.75, 3.05) is 6.61 Å². The molecule has 1 aliphatic carbocycles. The molecule has 2 rings (SSSR count). The molecule has 21 heavy (non-hydrogen) atoms. The molecule has 0 aliphatic heterocycles. The summed E-state index contributed by atoms with van der Waals surface area (Å²) in [4.78, 5) is 22.9. The fourth-order valence-corrected chi connectivity index (χ4v) is 2.74. The first-order valence-electron chi connectivity index (χ1n) is 7.14. The Morgan fingerprint density at radius 2 is 1.90 bits per heavy atom. The Hall–Kier alpha value is -2.04. The predicted molar refractivity (Wildman–Crippen MR) is 78.4 cm³/mol. The summed E-state index contributed by atoms with van der Waals surface area (Å²) in [5.41, 5.74) is 1.38. The molecule has 1 fully saturated rings. The normalized spacial score (nSPS) is 15.9. The van der Waals surface area contributed by atoms with Gasteiger partial charge in [0.05, 0.1) is 12.0 Å². The van der Waals surface area contributed by atoms with Crippen LogP contribution in [0.15, 0.2) is 18.2 Å². The first-order valence-corrected chi connectivity index (χ1v) is 7.14. The summed E-state index contributed by atoms with van der Waals surface area (Å²) in [7, 11) is 0. The Morgan fingerprint density at radius 3 is 2.38 bits per heavy atom. The third-order valence-corrected chi connectivity index (χ3v) is 3.96. The molecular weight excluding hydrogens is 270 g/mol. The summed E-state index contributed by atoms with van der Waals surface area (Å²) in [6.07, 6.45) is 2.36. The number of carboxylic acid groups (broad SMARTS) is 1. The average Bonchev–Trinajstić information content (AvgIpc) is 2.35. The molecular formula is C16H21NO4. The smallest absolute Gasteiger partial charge is 0.305 e. The van der Waals surface area contributed by atoms with E-state index in [-0.39, 0.29) is 18.9 Å². The Morgan fingerprint density at radius 1 is 1.29 bits per heavy atom. The van der Waals surface area contributed by atoms with Gasteiger partial charge in [0.1, 0.15) is 5.75 Å². The number of benzene rings is 1. The van der Waals surface area contributed by atoms with Crippen LogP contribution in [-0.2, 0) is 9.59 Å². The second-order valence-corrected chi connectivity index (χ2v) is 5.76. The number of para-hydroxylation sites is 1. The first kappa shape index (κ1) is 15.4. The van der Waals surface area contributed by atoms with Crippen LogP contribution in [0.4, 0.5) is 0 Å². The van der Waals surface area contributed by atoms with Crippen LogP contribution in [0, 0.1) is 13.8 Å². The van der Waals surface area contributed by atoms with Gasteiger partial charge in [-0.15, -0.1) is 0 Å². The van der Waals surface area contributed by atoms with Crippen LogP contribution < -0.4 is 10.1 Å². The third kappa shape index (κ3) is 3.74. The SMILES string of the molecule is Cc1cccc(C)c1OCC(=O)NC1(CC(=O)O)CCC1. The fraction of sp³-hybridized carbons (Fsp3) is 0.500. The minimum atomic E-state index is -0.884. The van der Waals surface area contributed by atoms with Crippen LogP contribution in [0.2, 0.25) is 0 Å². The molecule has 0 bridgehead atoms. The Balaban J connectivity index is 1.92. The third-order valence-electron chi connectivity index (χ3n) is 3.96. The maximum Gasteiger partial charge on any atom is 0.305 e. The van der Waals surface area contributed by atoms with Gasteiger partial charge in [0.15, 0.2) is 6.61 Å². The lowest BCUT2D eigenvalue weighted by Gasteiger charge is -2.41. The van der Waals surface area contributed by atoms with Crippen molar-refractivity contribution in [1.29, 1.82) is 0 Å². The van der Waals surface area contributed by atoms with Gasteiger partial charge in [0, 0.05) is 0 Å². The van der Waals surface area contributed by atoms with E-state index in [1.165, 1.54) is 0 Å². The van der Waals surface area contributed by atoms with Gasteiger partial charge in [-0.05, 0) is 44.2 Å². The van der Waals surface area contributed by atoms with Crippen molar-refractivity contribution < 1.29 is 19.4 Å². The van der Waals surface area contributed by atoms with Gasteiger partial charge in [0.2, 0.25) is 0 Å². The summed E-state index contributed by atoms with van der Waals surface area (Å²) in [6, 6.07) is 5.80. The van der Waals surface area contributed by atoms with E-state index in [0.29, 0.717) is 18.6 Å². The molecule has 2 N–H and O–H groups in total. The quantitative estimate of drug-likeness (QED) is 0.842. The maximum atomic E-state index is 12.0. The Bertz CT molecular complexity index is 529. The molecule has 0 spiro atoms. The highest BCUT2D eigenvalue weighted by Gasteiger charge is 2.40. The van der Waals surface area contributed by atoms with E-state index in [2.05, 4.69) is 5.32 Å². The summed E-state index contributed by atoms with van der Waals surface area (Å²) < 4.78 is 5.59. The highest BCUT2D eigenvalue weighted by atomic mass is 16.5. The van der Waals surface area contributed by atoms with E-state index >= 15 is 0 Å². The molecule has 1 aromatic carbocycles. The summed E-state index contributed by atoms with van der Waals surface area (Å²) in [5, 5.41) is 11.8. The van der Waals surface area contributed by atoms with Gasteiger partial charge in [-0.3, -0.25) is 9.59 Å². The van der Waals surface area contributed by atoms with Gasteiger partial charge in [-0.25, -0.2) is 0 Å². The highest BCUT2D eigenvalue weighted by Crippen LogP contribution is 2.34. The lowest BCUT2D eigenvalue weighted by Crippen LogP contribution is -2.55. The standard InChI is InChI=1S/C16H21NO4/c1-11-5-3-6-12(2)15(11)21-10-13(18)17-16(7-4-8-16)9-14(19)20/h3,5-6H,4,7-10H2,1-2H3,(H,17,18)(H,19,20). The van der Waals surface area contributed by atoms with Gasteiger partial charge < -0.3 is 15.2 Å². The van der Waals surface area contributed by atoms with Crippen molar-refractivity contribution in [1.82, 2.24) is 5.32 Å². The monoisotopic (exact) mass is 291 g/mol. The molecule has 1 amide bonds. The number of amides is 1. The average molecular weight is 291 g/mol. The molecule has 0 heterocycles. The number of hydrogen-bond donors (Lipinski definition) is 2. The largest absolute Gasteiger partial charge is 0.483 e. The van der Waals surface area contributed by atoms with E-state index in [9.17, 15) is 9.59 Å². The minimum absolute atomic E-state index is 0.0257. The molecule has 1 aliphatic rings. The van der Waals surface area contributed by atoms with Crippen LogP contribution >= 0.6 is 0 Å². The zero-order valence-corrected chi connectivity index (χ0v) is 12.4. The molecule has 5 nitrogen and oxygen atoms in total. The van der Waals surface area contributed by atoms with Crippen molar-refractivity contribution in [2.24, 2.45) is 0 Å². The van der Waals surface area contributed by atoms with Gasteiger partial charge in [-0.2, -0.15) is 0 Å². The number of ether oxygens (including phenoxy) is 1. The molecule has 1 aromatic rings. The van der Waals surface area contributed by atoms with Crippen molar-refractivity contribution in [3.8, 4) is 5.75 Å². The summed E-state index contributed by atoms with van der Waals surface area (Å²) >= 11 is 0. The molecule has 0 saturated heterocycles. The zero-order valence-electron chi connectivity index (χ0n) is 12.4. The Kier molecular flexibility index (Phi) is 4.50. The summed E-state index contributed by atoms with van der Waals surface area (Å²) in [5.74, 6) is -0.433. The summed E-state index contributed by atoms with van der Waals surface area (Å²) in [6.45, 7) is 3.77. The molecule has 0 unspecified atom stereocenters. The van der Waals surface area contributed by atoms with Crippen LogP contribution in [0.3, 0.4) is 0 Å². The van der Waals surface area contributed by atoms with E-state index in [0.717, 1.165) is 17.5 Å². The van der Waals surface area contributed by atoms with Crippen molar-refractivity contribution in [3.63, 3.8) is 0 Å². The molecule has 114 valence electrons. The highest BCUT2D eigenvalue weighted by molar-refractivity contribution is 5.80.